The highest BCUT2D eigenvalue weighted by Crippen LogP contribution is 2.36. The number of hydrogen-bond donors (Lipinski definition) is 1. The van der Waals surface area contributed by atoms with Gasteiger partial charge in [-0.3, -0.25) is 0 Å². The van der Waals surface area contributed by atoms with Gasteiger partial charge >= 0.3 is 0 Å². The zero-order valence-electron chi connectivity index (χ0n) is 10.5. The number of rotatable bonds is 3. The van der Waals surface area contributed by atoms with Gasteiger partial charge in [0, 0.05) is 32.1 Å². The largest absolute Gasteiger partial charge is 0.381 e. The summed E-state index contributed by atoms with van der Waals surface area (Å²) < 4.78 is 19.8. The molecule has 2 rings (SSSR count). The molecule has 1 aliphatic heterocycles. The van der Waals surface area contributed by atoms with E-state index < -0.39 is 5.67 Å². The monoisotopic (exact) mass is 237 g/mol. The van der Waals surface area contributed by atoms with Gasteiger partial charge < -0.3 is 10.1 Å². The third kappa shape index (κ3) is 2.67. The van der Waals surface area contributed by atoms with Crippen LogP contribution in [0.15, 0.2) is 24.3 Å². The minimum Gasteiger partial charge on any atom is -0.381 e. The Morgan fingerprint density at radius 3 is 2.35 bits per heavy atom. The van der Waals surface area contributed by atoms with Crippen molar-refractivity contribution < 1.29 is 9.13 Å². The summed E-state index contributed by atoms with van der Waals surface area (Å²) in [5.74, 6) is 0. The lowest BCUT2D eigenvalue weighted by molar-refractivity contribution is -0.0115. The Labute approximate surface area is 102 Å². The van der Waals surface area contributed by atoms with Crippen molar-refractivity contribution in [3.05, 3.63) is 35.4 Å². The van der Waals surface area contributed by atoms with Crippen molar-refractivity contribution in [3.63, 3.8) is 0 Å². The van der Waals surface area contributed by atoms with E-state index in [-0.39, 0.29) is 0 Å². The molecule has 0 bridgehead atoms. The summed E-state index contributed by atoms with van der Waals surface area (Å²) in [6.07, 6.45) is 0.932. The summed E-state index contributed by atoms with van der Waals surface area (Å²) >= 11 is 0. The Bertz CT molecular complexity index is 357. The molecule has 0 radical (unpaired) electrons. The van der Waals surface area contributed by atoms with Crippen LogP contribution in [0.4, 0.5) is 4.39 Å². The third-order valence-electron chi connectivity index (χ3n) is 3.65. The van der Waals surface area contributed by atoms with E-state index in [1.54, 1.807) is 0 Å². The molecule has 0 aromatic heterocycles. The fraction of sp³-hybridized carbons (Fsp3) is 0.571. The summed E-state index contributed by atoms with van der Waals surface area (Å²) in [4.78, 5) is 0. The molecule has 0 aliphatic carbocycles. The highest BCUT2D eigenvalue weighted by Gasteiger charge is 2.34. The van der Waals surface area contributed by atoms with Crippen molar-refractivity contribution in [1.82, 2.24) is 5.32 Å². The van der Waals surface area contributed by atoms with Crippen LogP contribution in [0.3, 0.4) is 0 Å². The summed E-state index contributed by atoms with van der Waals surface area (Å²) in [6.45, 7) is 3.13. The Morgan fingerprint density at radius 1 is 1.24 bits per heavy atom. The summed E-state index contributed by atoms with van der Waals surface area (Å²) in [5.41, 5.74) is 0.777. The van der Waals surface area contributed by atoms with Crippen LogP contribution < -0.4 is 5.32 Å². The highest BCUT2D eigenvalue weighted by atomic mass is 19.1. The quantitative estimate of drug-likeness (QED) is 0.872. The van der Waals surface area contributed by atoms with Gasteiger partial charge in [-0.25, -0.2) is 4.39 Å². The van der Waals surface area contributed by atoms with Crippen LogP contribution in [0, 0.1) is 0 Å². The molecular formula is C14H20FNO. The number of ether oxygens (including phenoxy) is 1. The van der Waals surface area contributed by atoms with Crippen molar-refractivity contribution in [2.75, 3.05) is 20.3 Å². The molecule has 1 atom stereocenters. The van der Waals surface area contributed by atoms with Gasteiger partial charge in [0.05, 0.1) is 0 Å². The molecule has 1 heterocycles. The van der Waals surface area contributed by atoms with Gasteiger partial charge in [-0.2, -0.15) is 0 Å². The Hall–Kier alpha value is -0.930. The smallest absolute Gasteiger partial charge is 0.140 e. The predicted molar refractivity (Wildman–Crippen MR) is 66.8 cm³/mol. The molecule has 1 N–H and O–H groups in total. The van der Waals surface area contributed by atoms with Gasteiger partial charge in [-0.1, -0.05) is 24.3 Å². The van der Waals surface area contributed by atoms with Crippen LogP contribution in [0.1, 0.15) is 36.9 Å². The lowest BCUT2D eigenvalue weighted by atomic mass is 9.87. The van der Waals surface area contributed by atoms with Crippen molar-refractivity contribution in [3.8, 4) is 0 Å². The maximum absolute atomic E-state index is 14.6. The molecule has 3 heteroatoms. The molecule has 0 amide bonds. The Kier molecular flexibility index (Phi) is 3.79. The minimum atomic E-state index is -1.19. The average Bonchev–Trinajstić information content (AvgIpc) is 2.39. The lowest BCUT2D eigenvalue weighted by Gasteiger charge is -2.30. The number of nitrogens with one attached hydrogen (secondary N) is 1. The maximum atomic E-state index is 14.6. The zero-order valence-corrected chi connectivity index (χ0v) is 10.5. The van der Waals surface area contributed by atoms with Gasteiger partial charge in [0.1, 0.15) is 5.67 Å². The molecular weight excluding hydrogens is 217 g/mol. The van der Waals surface area contributed by atoms with E-state index in [0.717, 1.165) is 5.56 Å². The number of hydrogen-bond acceptors (Lipinski definition) is 2. The van der Waals surface area contributed by atoms with E-state index in [2.05, 4.69) is 12.2 Å². The summed E-state index contributed by atoms with van der Waals surface area (Å²) in [5, 5.41) is 3.18. The molecule has 94 valence electrons. The van der Waals surface area contributed by atoms with E-state index in [1.165, 1.54) is 5.56 Å². The SMILES string of the molecule is CNC(C)c1ccc(C2(F)CCOCC2)cc1. The summed E-state index contributed by atoms with van der Waals surface area (Å²) in [6, 6.07) is 8.14. The first-order chi connectivity index (χ1) is 8.15. The first-order valence-corrected chi connectivity index (χ1v) is 6.20. The first kappa shape index (κ1) is 12.5. The predicted octanol–water partition coefficient (Wildman–Crippen LogP) is 2.94. The van der Waals surface area contributed by atoms with Gasteiger partial charge in [-0.05, 0) is 25.1 Å². The second kappa shape index (κ2) is 5.15. The van der Waals surface area contributed by atoms with Crippen LogP contribution in [-0.2, 0) is 10.4 Å². The van der Waals surface area contributed by atoms with Crippen molar-refractivity contribution in [2.45, 2.75) is 31.5 Å². The van der Waals surface area contributed by atoms with E-state index in [9.17, 15) is 4.39 Å². The molecule has 1 aliphatic rings. The van der Waals surface area contributed by atoms with Crippen LogP contribution in [-0.4, -0.2) is 20.3 Å². The molecule has 17 heavy (non-hydrogen) atoms. The molecule has 1 saturated heterocycles. The second-order valence-corrected chi connectivity index (χ2v) is 4.71. The van der Waals surface area contributed by atoms with Crippen molar-refractivity contribution >= 4 is 0 Å². The summed E-state index contributed by atoms with van der Waals surface area (Å²) in [7, 11) is 1.92. The van der Waals surface area contributed by atoms with E-state index in [1.807, 2.05) is 31.3 Å². The molecule has 1 unspecified atom stereocenters. The first-order valence-electron chi connectivity index (χ1n) is 6.20. The topological polar surface area (TPSA) is 21.3 Å². The van der Waals surface area contributed by atoms with Gasteiger partial charge in [0.25, 0.3) is 0 Å². The van der Waals surface area contributed by atoms with Gasteiger partial charge in [-0.15, -0.1) is 0 Å². The third-order valence-corrected chi connectivity index (χ3v) is 3.65. The normalized spacial score (nSPS) is 21.1. The van der Waals surface area contributed by atoms with Gasteiger partial charge in [0.2, 0.25) is 0 Å². The van der Waals surface area contributed by atoms with E-state index in [0.29, 0.717) is 32.1 Å². The highest BCUT2D eigenvalue weighted by molar-refractivity contribution is 5.29. The zero-order chi connectivity index (χ0) is 12.3. The van der Waals surface area contributed by atoms with E-state index in [4.69, 9.17) is 4.74 Å². The van der Waals surface area contributed by atoms with Crippen molar-refractivity contribution in [1.29, 1.82) is 0 Å². The van der Waals surface area contributed by atoms with Gasteiger partial charge in [0.15, 0.2) is 0 Å². The van der Waals surface area contributed by atoms with E-state index >= 15 is 0 Å². The van der Waals surface area contributed by atoms with Crippen LogP contribution in [0.2, 0.25) is 0 Å². The Morgan fingerprint density at radius 2 is 1.82 bits per heavy atom. The maximum Gasteiger partial charge on any atom is 0.140 e. The standard InChI is InChI=1S/C14H20FNO/c1-11(16-2)12-3-5-13(6-4-12)14(15)7-9-17-10-8-14/h3-6,11,16H,7-10H2,1-2H3. The van der Waals surface area contributed by atoms with Crippen LogP contribution >= 0.6 is 0 Å². The van der Waals surface area contributed by atoms with Crippen molar-refractivity contribution in [2.24, 2.45) is 0 Å². The second-order valence-electron chi connectivity index (χ2n) is 4.71. The minimum absolute atomic E-state index is 0.300. The number of alkyl halides is 1. The number of halogens is 1. The molecule has 0 spiro atoms. The number of benzene rings is 1. The molecule has 1 fully saturated rings. The molecule has 1 aromatic rings. The van der Waals surface area contributed by atoms with Crippen LogP contribution in [0.25, 0.3) is 0 Å². The fourth-order valence-corrected chi connectivity index (χ4v) is 2.22. The molecule has 2 nitrogen and oxygen atoms in total. The average molecular weight is 237 g/mol. The fourth-order valence-electron chi connectivity index (χ4n) is 2.22. The molecule has 0 saturated carbocycles. The van der Waals surface area contributed by atoms with Crippen LogP contribution in [0.5, 0.6) is 0 Å². The molecule has 1 aromatic carbocycles. The lowest BCUT2D eigenvalue weighted by Crippen LogP contribution is -2.29. The Balaban J connectivity index is 2.16.